The Morgan fingerprint density at radius 3 is 2.64 bits per heavy atom. The van der Waals surface area contributed by atoms with Gasteiger partial charge >= 0.3 is 6.18 Å². The predicted octanol–water partition coefficient (Wildman–Crippen LogP) is 3.97. The fraction of sp³-hybridized carbons (Fsp3) is 0.286. The van der Waals surface area contributed by atoms with Crippen LogP contribution in [-0.2, 0) is 19.8 Å². The number of aromatic nitrogens is 5. The van der Waals surface area contributed by atoms with Crippen LogP contribution in [0.5, 0.6) is 0 Å². The Hall–Kier alpha value is -3.47. The number of alkyl halides is 3. The Labute approximate surface area is 190 Å². The van der Waals surface area contributed by atoms with Gasteiger partial charge in [0, 0.05) is 18.5 Å². The first-order valence-corrected chi connectivity index (χ1v) is 10.4. The van der Waals surface area contributed by atoms with E-state index in [-0.39, 0.29) is 34.8 Å². The number of nitrogens with two attached hydrogens (primary N) is 1. The highest BCUT2D eigenvalue weighted by Gasteiger charge is 2.36. The molecule has 3 aromatic heterocycles. The van der Waals surface area contributed by atoms with Crippen molar-refractivity contribution in [3.05, 3.63) is 52.4 Å². The van der Waals surface area contributed by atoms with E-state index in [1.165, 1.54) is 6.07 Å². The van der Waals surface area contributed by atoms with Crippen molar-refractivity contribution in [3.63, 3.8) is 0 Å². The number of amides is 1. The Bertz CT molecular complexity index is 1400. The Morgan fingerprint density at radius 1 is 1.24 bits per heavy atom. The summed E-state index contributed by atoms with van der Waals surface area (Å²) in [6.45, 7) is 0.0180. The number of pyridine rings is 1. The summed E-state index contributed by atoms with van der Waals surface area (Å²) in [5.74, 6) is -0.0422. The minimum absolute atomic E-state index is 0.0180. The van der Waals surface area contributed by atoms with E-state index in [0.717, 1.165) is 24.4 Å². The molecule has 1 aliphatic rings. The molecule has 33 heavy (non-hydrogen) atoms. The van der Waals surface area contributed by atoms with E-state index in [1.807, 2.05) is 0 Å². The zero-order chi connectivity index (χ0) is 23.5. The smallest absolute Gasteiger partial charge is 0.383 e. The highest BCUT2D eigenvalue weighted by molar-refractivity contribution is 6.35. The zero-order valence-electron chi connectivity index (χ0n) is 17.3. The SMILES string of the molecule is Cn1ncc2c(N)nc3cc(Cl)c(C(=O)N(Cc4ccc(C(F)(F)F)nn4)C4CC4)cc3c21. The number of benzene rings is 1. The zero-order valence-corrected chi connectivity index (χ0v) is 18.0. The van der Waals surface area contributed by atoms with Crippen LogP contribution < -0.4 is 5.73 Å². The van der Waals surface area contributed by atoms with Crippen LogP contribution in [0.1, 0.15) is 34.6 Å². The first-order valence-electron chi connectivity index (χ1n) is 10.0. The number of aryl methyl sites for hydroxylation is 1. The van der Waals surface area contributed by atoms with E-state index in [0.29, 0.717) is 22.1 Å². The molecule has 0 saturated heterocycles. The lowest BCUT2D eigenvalue weighted by molar-refractivity contribution is -0.141. The third kappa shape index (κ3) is 3.82. The largest absolute Gasteiger partial charge is 0.435 e. The Balaban J connectivity index is 1.53. The molecule has 1 amide bonds. The average Bonchev–Trinajstić information content (AvgIpc) is 3.52. The van der Waals surface area contributed by atoms with Gasteiger partial charge in [-0.25, -0.2) is 4.98 Å². The maximum absolute atomic E-state index is 13.5. The number of hydrogen-bond donors (Lipinski definition) is 1. The van der Waals surface area contributed by atoms with Gasteiger partial charge in [-0.2, -0.15) is 23.4 Å². The second kappa shape index (κ2) is 7.55. The van der Waals surface area contributed by atoms with Crippen LogP contribution in [-0.4, -0.2) is 41.8 Å². The number of halogens is 4. The molecule has 0 atom stereocenters. The van der Waals surface area contributed by atoms with Gasteiger partial charge in [0.25, 0.3) is 5.91 Å². The highest BCUT2D eigenvalue weighted by Crippen LogP contribution is 2.35. The molecule has 1 fully saturated rings. The predicted molar refractivity (Wildman–Crippen MR) is 115 cm³/mol. The van der Waals surface area contributed by atoms with Gasteiger partial charge in [0.2, 0.25) is 0 Å². The molecule has 5 rings (SSSR count). The third-order valence-electron chi connectivity index (χ3n) is 5.62. The van der Waals surface area contributed by atoms with Crippen molar-refractivity contribution < 1.29 is 18.0 Å². The molecule has 0 bridgehead atoms. The number of fused-ring (bicyclic) bond motifs is 3. The molecular weight excluding hydrogens is 459 g/mol. The van der Waals surface area contributed by atoms with E-state index in [9.17, 15) is 18.0 Å². The summed E-state index contributed by atoms with van der Waals surface area (Å²) >= 11 is 6.45. The monoisotopic (exact) mass is 475 g/mol. The maximum Gasteiger partial charge on any atom is 0.435 e. The van der Waals surface area contributed by atoms with Gasteiger partial charge in [-0.3, -0.25) is 9.48 Å². The molecule has 1 aromatic carbocycles. The molecule has 3 heterocycles. The number of nitrogens with zero attached hydrogens (tertiary/aromatic N) is 6. The molecule has 1 saturated carbocycles. The van der Waals surface area contributed by atoms with Crippen molar-refractivity contribution in [2.24, 2.45) is 7.05 Å². The summed E-state index contributed by atoms with van der Waals surface area (Å²) in [5.41, 5.74) is 6.70. The van der Waals surface area contributed by atoms with E-state index >= 15 is 0 Å². The van der Waals surface area contributed by atoms with Crippen LogP contribution in [0, 0.1) is 0 Å². The minimum atomic E-state index is -4.58. The summed E-state index contributed by atoms with van der Waals surface area (Å²) < 4.78 is 40.0. The topological polar surface area (TPSA) is 103 Å². The van der Waals surface area contributed by atoms with Crippen molar-refractivity contribution in [2.45, 2.75) is 31.6 Å². The molecule has 170 valence electrons. The van der Waals surface area contributed by atoms with Gasteiger partial charge in [0.15, 0.2) is 5.69 Å². The molecule has 12 heteroatoms. The van der Waals surface area contributed by atoms with E-state index in [2.05, 4.69) is 20.3 Å². The summed E-state index contributed by atoms with van der Waals surface area (Å²) in [7, 11) is 1.76. The first-order chi connectivity index (χ1) is 15.6. The lowest BCUT2D eigenvalue weighted by Gasteiger charge is -2.23. The van der Waals surface area contributed by atoms with Crippen LogP contribution in [0.4, 0.5) is 19.0 Å². The van der Waals surface area contributed by atoms with Crippen LogP contribution in [0.25, 0.3) is 21.8 Å². The number of carbonyl (C=O) groups is 1. The normalized spacial score (nSPS) is 14.2. The summed E-state index contributed by atoms with van der Waals surface area (Å²) in [4.78, 5) is 19.4. The van der Waals surface area contributed by atoms with Gasteiger partial charge in [0.1, 0.15) is 5.82 Å². The fourth-order valence-corrected chi connectivity index (χ4v) is 4.06. The van der Waals surface area contributed by atoms with E-state index in [1.54, 1.807) is 35.0 Å². The molecule has 0 radical (unpaired) electrons. The van der Waals surface area contributed by atoms with Gasteiger partial charge in [-0.15, -0.1) is 5.10 Å². The van der Waals surface area contributed by atoms with E-state index in [4.69, 9.17) is 17.3 Å². The van der Waals surface area contributed by atoms with Gasteiger partial charge in [-0.05, 0) is 37.1 Å². The van der Waals surface area contributed by atoms with Crippen molar-refractivity contribution in [1.29, 1.82) is 0 Å². The van der Waals surface area contributed by atoms with Gasteiger partial charge < -0.3 is 10.6 Å². The quantitative estimate of drug-likeness (QED) is 0.479. The van der Waals surface area contributed by atoms with Crippen molar-refractivity contribution in [2.75, 3.05) is 5.73 Å². The van der Waals surface area contributed by atoms with E-state index < -0.39 is 11.9 Å². The average molecular weight is 476 g/mol. The van der Waals surface area contributed by atoms with Crippen molar-refractivity contribution in [3.8, 4) is 0 Å². The number of anilines is 1. The molecule has 4 aromatic rings. The number of nitrogen functional groups attached to an aromatic ring is 1. The summed E-state index contributed by atoms with van der Waals surface area (Å²) in [6.07, 6.45) is -1.40. The Kier molecular flexibility index (Phi) is 4.89. The molecule has 0 spiro atoms. The van der Waals surface area contributed by atoms with Crippen molar-refractivity contribution in [1.82, 2.24) is 29.9 Å². The third-order valence-corrected chi connectivity index (χ3v) is 5.93. The minimum Gasteiger partial charge on any atom is -0.383 e. The van der Waals surface area contributed by atoms with Gasteiger partial charge in [-0.1, -0.05) is 11.6 Å². The van der Waals surface area contributed by atoms with Gasteiger partial charge in [0.05, 0.1) is 45.4 Å². The molecule has 0 unspecified atom stereocenters. The number of carbonyl (C=O) groups excluding carboxylic acids is 1. The molecule has 2 N–H and O–H groups in total. The lowest BCUT2D eigenvalue weighted by atomic mass is 10.1. The second-order valence-corrected chi connectivity index (χ2v) is 8.36. The van der Waals surface area contributed by atoms with Crippen molar-refractivity contribution >= 4 is 45.1 Å². The summed E-state index contributed by atoms with van der Waals surface area (Å²) in [5, 5.41) is 12.7. The maximum atomic E-state index is 13.5. The fourth-order valence-electron chi connectivity index (χ4n) is 3.82. The van der Waals surface area contributed by atoms with Crippen LogP contribution in [0.15, 0.2) is 30.5 Å². The lowest BCUT2D eigenvalue weighted by Crippen LogP contribution is -2.33. The summed E-state index contributed by atoms with van der Waals surface area (Å²) in [6, 6.07) is 5.28. The second-order valence-electron chi connectivity index (χ2n) is 7.95. The molecule has 1 aliphatic carbocycles. The van der Waals surface area contributed by atoms with Crippen LogP contribution in [0.3, 0.4) is 0 Å². The van der Waals surface area contributed by atoms with Crippen LogP contribution >= 0.6 is 11.6 Å². The first kappa shape index (κ1) is 21.4. The number of rotatable bonds is 4. The highest BCUT2D eigenvalue weighted by atomic mass is 35.5. The Morgan fingerprint density at radius 2 is 2.00 bits per heavy atom. The molecular formula is C21H17ClF3N7O. The molecule has 0 aliphatic heterocycles. The standard InChI is InChI=1S/C21H17ClF3N7O/c1-31-18-13-6-12(15(22)7-16(13)28-19(26)14(18)8-27-31)20(33)32(11-3-4-11)9-10-2-5-17(30-29-10)21(23,24)25/h2,5-8,11H,3-4,9H2,1H3,(H2,26,28). The molecule has 8 nitrogen and oxygen atoms in total. The number of hydrogen-bond acceptors (Lipinski definition) is 6. The van der Waals surface area contributed by atoms with Crippen LogP contribution in [0.2, 0.25) is 5.02 Å².